The van der Waals surface area contributed by atoms with Crippen LogP contribution in [0, 0.1) is 29.6 Å². The van der Waals surface area contributed by atoms with E-state index in [4.69, 9.17) is 29.2 Å². The highest BCUT2D eigenvalue weighted by Gasteiger charge is 2.51. The molecular weight excluding hydrogens is 504 g/mol. The number of Topliss-reactive ketones (excluding diaryl/α,β-unsaturated/α-hetero) is 1. The van der Waals surface area contributed by atoms with E-state index in [2.05, 4.69) is 33.9 Å². The average Bonchev–Trinajstić information content (AvgIpc) is 2.90. The van der Waals surface area contributed by atoms with Gasteiger partial charge in [-0.05, 0) is 61.4 Å². The topological polar surface area (TPSA) is 161 Å². The molecule has 0 aliphatic carbocycles. The zero-order chi connectivity index (χ0) is 29.0. The number of azide groups is 2. The first-order valence-corrected chi connectivity index (χ1v) is 14.4. The van der Waals surface area contributed by atoms with Crippen molar-refractivity contribution in [1.29, 1.82) is 0 Å². The van der Waals surface area contributed by atoms with Gasteiger partial charge in [-0.15, -0.1) is 0 Å². The van der Waals surface area contributed by atoms with Crippen molar-refractivity contribution in [3.05, 3.63) is 20.9 Å². The Bertz CT molecular complexity index is 942. The lowest BCUT2D eigenvalue weighted by atomic mass is 9.80. The van der Waals surface area contributed by atoms with Crippen molar-refractivity contribution in [2.45, 2.75) is 136 Å². The van der Waals surface area contributed by atoms with Crippen LogP contribution in [-0.2, 0) is 28.5 Å². The minimum absolute atomic E-state index is 0.0406. The Morgan fingerprint density at radius 2 is 1.31 bits per heavy atom. The van der Waals surface area contributed by atoms with Gasteiger partial charge in [0.05, 0.1) is 42.6 Å². The summed E-state index contributed by atoms with van der Waals surface area (Å²) >= 11 is 0. The highest BCUT2D eigenvalue weighted by atomic mass is 16.7. The molecule has 3 aliphatic rings. The zero-order valence-corrected chi connectivity index (χ0v) is 24.7. The maximum atomic E-state index is 12.9. The number of hydrogen-bond acceptors (Lipinski definition) is 8. The number of hydrogen-bond donors (Lipinski definition) is 0. The largest absolute Gasteiger partial charge is 0.372 e. The third kappa shape index (κ3) is 6.54. The molecule has 39 heavy (non-hydrogen) atoms. The predicted molar refractivity (Wildman–Crippen MR) is 144 cm³/mol. The first-order chi connectivity index (χ1) is 18.5. The highest BCUT2D eigenvalue weighted by molar-refractivity contribution is 5.81. The lowest BCUT2D eigenvalue weighted by Gasteiger charge is -2.50. The maximum Gasteiger partial charge on any atom is 0.167 e. The monoisotopic (exact) mass is 550 g/mol. The quantitative estimate of drug-likeness (QED) is 0.196. The maximum absolute atomic E-state index is 12.9. The number of nitrogens with zero attached hydrogens (tertiary/aromatic N) is 6. The standard InChI is InChI=1S/C27H46N6O6/c1-10-19-12(3)13(4)22(31-33-29)27(36-19)38-24-14(5)15(6)26(39-25(24)17(8)34)37-23-16(7)21(30-32-28)18(9)35-20(23)11-2/h12-16,18-27H,10-11H2,1-9H3/t12-,13-,14+,15?,16+,18+,19-,20-,21?,22?,23-,24-,25-,26+,27+/m0/s1. The third-order valence-corrected chi connectivity index (χ3v) is 9.35. The first kappa shape index (κ1) is 31.6. The molecule has 3 aliphatic heterocycles. The number of carbonyl (C=O) groups is 1. The SMILES string of the molecule is CC[C@@H]1O[C@H](O[C@H]2[C@H](C)C(C)[C@H](O[C@@H]3[C@H](CC)O[C@H](C)C(N=[N+]=[N-])[C@H]3C)O[C@H]2C(C)=O)C(N=[N+]=[N-])[C@@H](C)[C@@H]1C. The lowest BCUT2D eigenvalue weighted by molar-refractivity contribution is -0.327. The van der Waals surface area contributed by atoms with Gasteiger partial charge in [-0.2, -0.15) is 0 Å². The van der Waals surface area contributed by atoms with E-state index in [1.54, 1.807) is 0 Å². The van der Waals surface area contributed by atoms with E-state index in [1.165, 1.54) is 6.92 Å². The van der Waals surface area contributed by atoms with Gasteiger partial charge in [-0.1, -0.05) is 58.7 Å². The van der Waals surface area contributed by atoms with Gasteiger partial charge in [-0.3, -0.25) is 4.79 Å². The van der Waals surface area contributed by atoms with Gasteiger partial charge in [0, 0.05) is 15.7 Å². The fraction of sp³-hybridized carbons (Fsp3) is 0.963. The van der Waals surface area contributed by atoms with Crippen LogP contribution < -0.4 is 0 Å². The summed E-state index contributed by atoms with van der Waals surface area (Å²) in [5, 5.41) is 7.99. The van der Waals surface area contributed by atoms with E-state index in [0.29, 0.717) is 0 Å². The summed E-state index contributed by atoms with van der Waals surface area (Å²) < 4.78 is 31.9. The second-order valence-electron chi connectivity index (χ2n) is 11.7. The molecule has 220 valence electrons. The highest BCUT2D eigenvalue weighted by Crippen LogP contribution is 2.41. The van der Waals surface area contributed by atoms with Crippen molar-refractivity contribution < 1.29 is 28.5 Å². The van der Waals surface area contributed by atoms with Crippen LogP contribution in [0.1, 0.15) is 75.2 Å². The van der Waals surface area contributed by atoms with Crippen molar-refractivity contribution in [3.8, 4) is 0 Å². The smallest absolute Gasteiger partial charge is 0.167 e. The molecule has 0 aromatic rings. The third-order valence-electron chi connectivity index (χ3n) is 9.35. The summed E-state index contributed by atoms with van der Waals surface area (Å²) in [6.07, 6.45) is -2.34. The van der Waals surface area contributed by atoms with Crippen LogP contribution in [0.25, 0.3) is 20.9 Å². The van der Waals surface area contributed by atoms with Crippen LogP contribution >= 0.6 is 0 Å². The summed E-state index contributed by atoms with van der Waals surface area (Å²) in [5.41, 5.74) is 18.3. The van der Waals surface area contributed by atoms with Crippen molar-refractivity contribution in [2.75, 3.05) is 0 Å². The van der Waals surface area contributed by atoms with E-state index in [9.17, 15) is 10.3 Å². The molecule has 3 fully saturated rings. The van der Waals surface area contributed by atoms with E-state index >= 15 is 0 Å². The summed E-state index contributed by atoms with van der Waals surface area (Å²) in [5.74, 6) is -0.354. The molecule has 0 spiro atoms. The van der Waals surface area contributed by atoms with Crippen LogP contribution in [0.3, 0.4) is 0 Å². The normalized spacial score (nSPS) is 46.5. The summed E-state index contributed by atoms with van der Waals surface area (Å²) in [7, 11) is 0. The molecule has 0 radical (unpaired) electrons. The molecular formula is C27H46N6O6. The molecule has 0 saturated carbocycles. The number of carbonyl (C=O) groups excluding carboxylic acids is 1. The van der Waals surface area contributed by atoms with Gasteiger partial charge in [0.15, 0.2) is 18.4 Å². The number of rotatable bonds is 9. The summed E-state index contributed by atoms with van der Waals surface area (Å²) in [6.45, 7) is 17.6. The van der Waals surface area contributed by atoms with Crippen molar-refractivity contribution in [3.63, 3.8) is 0 Å². The lowest BCUT2D eigenvalue weighted by Crippen LogP contribution is -2.60. The molecule has 0 bridgehead atoms. The van der Waals surface area contributed by atoms with Gasteiger partial charge < -0.3 is 23.7 Å². The zero-order valence-electron chi connectivity index (χ0n) is 24.7. The van der Waals surface area contributed by atoms with Gasteiger partial charge in [0.2, 0.25) is 0 Å². The van der Waals surface area contributed by atoms with E-state index in [-0.39, 0.29) is 65.8 Å². The van der Waals surface area contributed by atoms with Crippen LogP contribution in [0.2, 0.25) is 0 Å². The molecule has 3 heterocycles. The fourth-order valence-electron chi connectivity index (χ4n) is 6.42. The van der Waals surface area contributed by atoms with Crippen LogP contribution in [-0.4, -0.2) is 67.1 Å². The number of ether oxygens (including phenoxy) is 5. The number of ketones is 1. The van der Waals surface area contributed by atoms with Gasteiger partial charge >= 0.3 is 0 Å². The molecule has 3 saturated heterocycles. The molecule has 0 aromatic carbocycles. The molecule has 0 amide bonds. The Hall–Kier alpha value is -1.91. The van der Waals surface area contributed by atoms with E-state index in [0.717, 1.165) is 12.8 Å². The van der Waals surface area contributed by atoms with Crippen LogP contribution in [0.4, 0.5) is 0 Å². The molecule has 3 rings (SSSR count). The second kappa shape index (κ2) is 13.6. The van der Waals surface area contributed by atoms with E-state index < -0.39 is 30.8 Å². The Balaban J connectivity index is 1.84. The van der Waals surface area contributed by atoms with E-state index in [1.807, 2.05) is 41.5 Å². The van der Waals surface area contributed by atoms with Crippen LogP contribution in [0.5, 0.6) is 0 Å². The molecule has 15 atom stereocenters. The Labute approximate surface area is 231 Å². The van der Waals surface area contributed by atoms with Crippen LogP contribution in [0.15, 0.2) is 10.2 Å². The molecule has 12 heteroatoms. The van der Waals surface area contributed by atoms with Crippen molar-refractivity contribution in [2.24, 2.45) is 39.8 Å². The summed E-state index contributed by atoms with van der Waals surface area (Å²) in [6, 6.07) is -0.905. The Kier molecular flexibility index (Phi) is 11.1. The molecule has 12 nitrogen and oxygen atoms in total. The van der Waals surface area contributed by atoms with Crippen molar-refractivity contribution >= 4 is 5.78 Å². The molecule has 3 unspecified atom stereocenters. The summed E-state index contributed by atoms with van der Waals surface area (Å²) in [4.78, 5) is 19.0. The first-order valence-electron chi connectivity index (χ1n) is 14.4. The minimum Gasteiger partial charge on any atom is -0.372 e. The van der Waals surface area contributed by atoms with Gasteiger partial charge in [-0.25, -0.2) is 0 Å². The van der Waals surface area contributed by atoms with Crippen molar-refractivity contribution in [1.82, 2.24) is 0 Å². The van der Waals surface area contributed by atoms with Gasteiger partial charge in [0.25, 0.3) is 0 Å². The fourth-order valence-corrected chi connectivity index (χ4v) is 6.42. The van der Waals surface area contributed by atoms with Gasteiger partial charge in [0.1, 0.15) is 6.10 Å². The minimum atomic E-state index is -0.891. The second-order valence-corrected chi connectivity index (χ2v) is 11.7. The Morgan fingerprint density at radius 1 is 0.718 bits per heavy atom. The molecule has 0 N–H and O–H groups in total. The average molecular weight is 551 g/mol. The Morgan fingerprint density at radius 3 is 1.87 bits per heavy atom. The predicted octanol–water partition coefficient (Wildman–Crippen LogP) is 5.94. The molecule has 0 aromatic heterocycles.